The molecule has 0 atom stereocenters. The first-order valence-electron chi connectivity index (χ1n) is 1.47. The molecule has 0 saturated carbocycles. The predicted molar refractivity (Wildman–Crippen MR) is 22.8 cm³/mol. The van der Waals surface area contributed by atoms with Gasteiger partial charge in [0.2, 0.25) is 0 Å². The molecule has 0 rings (SSSR count). The minimum Gasteiger partial charge on any atom is -0.551 e. The Kier molecular flexibility index (Phi) is 3.31. The van der Waals surface area contributed by atoms with Crippen molar-refractivity contribution >= 4 is 21.6 Å². The van der Waals surface area contributed by atoms with Crippen LogP contribution >= 0.6 is 0 Å². The van der Waals surface area contributed by atoms with Crippen LogP contribution in [0.5, 0.6) is 0 Å². The molecule has 0 bridgehead atoms. The summed E-state index contributed by atoms with van der Waals surface area (Å²) >= 11 is 0. The molecule has 0 radical (unpaired) electrons. The first-order valence-corrected chi connectivity index (χ1v) is 1.47. The van der Waals surface area contributed by atoms with Gasteiger partial charge in [-0.15, -0.1) is 0 Å². The maximum atomic E-state index is 9.18. The summed E-state index contributed by atoms with van der Waals surface area (Å²) in [6.07, 6.45) is 0. The van der Waals surface area contributed by atoms with Crippen LogP contribution in [0, 0.1) is 0 Å². The lowest BCUT2D eigenvalue weighted by Gasteiger charge is -1.78. The van der Waals surface area contributed by atoms with E-state index in [0.717, 1.165) is 0 Å². The highest BCUT2D eigenvalue weighted by Gasteiger charge is 1.68. The summed E-state index contributed by atoms with van der Waals surface area (Å²) in [7, 11) is 2.23. The third-order valence-corrected chi connectivity index (χ3v) is 0.235. The summed E-state index contributed by atoms with van der Waals surface area (Å²) in [4.78, 5) is 9.18. The average Bonchev–Trinajstić information content (AvgIpc) is 1.41. The van der Waals surface area contributed by atoms with Gasteiger partial charge < -0.3 is 4.65 Å². The van der Waals surface area contributed by atoms with Gasteiger partial charge in [-0.25, -0.2) is 0 Å². The molecule has 2 nitrogen and oxygen atoms in total. The molecular formula is CH4B2O2. The molecule has 5 heavy (non-hydrogen) atoms. The Morgan fingerprint density at radius 3 is 2.60 bits per heavy atom. The topological polar surface area (TPSA) is 26.3 Å². The zero-order chi connectivity index (χ0) is 4.12. The fraction of sp³-hybridized carbons (Fsp3) is 0. The van der Waals surface area contributed by atoms with Gasteiger partial charge in [0.15, 0.2) is 0 Å². The second kappa shape index (κ2) is 3.60. The molecule has 0 heterocycles. The highest BCUT2D eigenvalue weighted by Crippen LogP contribution is 1.44. The van der Waals surface area contributed by atoms with Gasteiger partial charge in [-0.3, -0.25) is 4.79 Å². The molecule has 0 aliphatic rings. The van der Waals surface area contributed by atoms with Crippen molar-refractivity contribution in [1.82, 2.24) is 0 Å². The van der Waals surface area contributed by atoms with E-state index in [9.17, 15) is 4.79 Å². The van der Waals surface area contributed by atoms with Gasteiger partial charge in [0.25, 0.3) is 13.8 Å². The van der Waals surface area contributed by atoms with Gasteiger partial charge in [-0.2, -0.15) is 0 Å². The maximum absolute atomic E-state index is 9.18. The SMILES string of the molecule is BBOC=O. The number of carbonyl (C=O) groups excluding carboxylic acids is 1. The molecule has 0 unspecified atom stereocenters. The standard InChI is InChI=1S/CH4B2O2/c2-3-5-1-4/h1,3H,2H2. The zero-order valence-electron chi connectivity index (χ0n) is 3.10. The molecule has 0 spiro atoms. The summed E-state index contributed by atoms with van der Waals surface area (Å²) in [5.41, 5.74) is 0. The van der Waals surface area contributed by atoms with E-state index < -0.39 is 0 Å². The lowest BCUT2D eigenvalue weighted by molar-refractivity contribution is -0.120. The Hall–Kier alpha value is -0.400. The third kappa shape index (κ3) is 3.60. The smallest absolute Gasteiger partial charge is 0.293 e. The van der Waals surface area contributed by atoms with Crippen LogP contribution in [-0.2, 0) is 9.45 Å². The molecule has 0 aliphatic carbocycles. The van der Waals surface area contributed by atoms with Crippen LogP contribution < -0.4 is 0 Å². The number of carbonyl (C=O) groups is 1. The van der Waals surface area contributed by atoms with E-state index in [0.29, 0.717) is 13.8 Å². The van der Waals surface area contributed by atoms with E-state index in [4.69, 9.17) is 0 Å². The largest absolute Gasteiger partial charge is 0.551 e. The van der Waals surface area contributed by atoms with E-state index in [2.05, 4.69) is 4.65 Å². The molecule has 0 aromatic rings. The highest BCUT2D eigenvalue weighted by molar-refractivity contribution is 6.86. The molecule has 26 valence electrons. The lowest BCUT2D eigenvalue weighted by Crippen LogP contribution is -1.92. The fourth-order valence-electron chi connectivity index (χ4n) is 0.0680. The summed E-state index contributed by atoms with van der Waals surface area (Å²) < 4.78 is 4.15. The number of rotatable bonds is 2. The van der Waals surface area contributed by atoms with Crippen molar-refractivity contribution in [1.29, 1.82) is 0 Å². The van der Waals surface area contributed by atoms with Crippen molar-refractivity contribution in [3.05, 3.63) is 0 Å². The summed E-state index contributed by atoms with van der Waals surface area (Å²) in [5, 5.41) is 0. The molecule has 0 aromatic heterocycles. The van der Waals surface area contributed by atoms with Crippen LogP contribution in [-0.4, -0.2) is 21.6 Å². The van der Waals surface area contributed by atoms with E-state index in [-0.39, 0.29) is 0 Å². The molecule has 0 aliphatic heterocycles. The average molecular weight is 69.7 g/mol. The van der Waals surface area contributed by atoms with Crippen LogP contribution in [0.3, 0.4) is 0 Å². The predicted octanol–water partition coefficient (Wildman–Crippen LogP) is -1.94. The van der Waals surface area contributed by atoms with Gasteiger partial charge in [0.05, 0.1) is 0 Å². The minimum absolute atomic E-state index is 0.431. The summed E-state index contributed by atoms with van der Waals surface area (Å²) in [6, 6.07) is 0. The minimum atomic E-state index is 0.431. The Balaban J connectivity index is 2.40. The van der Waals surface area contributed by atoms with Crippen molar-refractivity contribution in [2.75, 3.05) is 0 Å². The molecule has 0 amide bonds. The van der Waals surface area contributed by atoms with Gasteiger partial charge in [0, 0.05) is 0 Å². The van der Waals surface area contributed by atoms with E-state index >= 15 is 0 Å². The Morgan fingerprint density at radius 1 is 2.00 bits per heavy atom. The van der Waals surface area contributed by atoms with Crippen LogP contribution in [0.4, 0.5) is 0 Å². The van der Waals surface area contributed by atoms with Crippen molar-refractivity contribution < 1.29 is 9.45 Å². The molecule has 0 fully saturated rings. The van der Waals surface area contributed by atoms with E-state index in [1.165, 1.54) is 0 Å². The van der Waals surface area contributed by atoms with E-state index in [1.807, 2.05) is 0 Å². The second-order valence-electron chi connectivity index (χ2n) is 0.552. The first kappa shape index (κ1) is 4.60. The Labute approximate surface area is 32.2 Å². The van der Waals surface area contributed by atoms with Gasteiger partial charge in [0.1, 0.15) is 7.74 Å². The van der Waals surface area contributed by atoms with Crippen molar-refractivity contribution in [2.24, 2.45) is 0 Å². The van der Waals surface area contributed by atoms with Gasteiger partial charge >= 0.3 is 0 Å². The molecule has 0 aromatic carbocycles. The first-order chi connectivity index (χ1) is 2.41. The molecular weight excluding hydrogens is 65.6 g/mol. The van der Waals surface area contributed by atoms with Crippen LogP contribution in [0.1, 0.15) is 0 Å². The van der Waals surface area contributed by atoms with E-state index in [1.54, 1.807) is 7.74 Å². The van der Waals surface area contributed by atoms with Crippen LogP contribution in [0.2, 0.25) is 0 Å². The van der Waals surface area contributed by atoms with Crippen molar-refractivity contribution in [2.45, 2.75) is 0 Å². The normalized spacial score (nSPS) is 5.60. The lowest BCUT2D eigenvalue weighted by atomic mass is 9.72. The van der Waals surface area contributed by atoms with Gasteiger partial charge in [-0.05, 0) is 0 Å². The van der Waals surface area contributed by atoms with Crippen molar-refractivity contribution in [3.63, 3.8) is 0 Å². The van der Waals surface area contributed by atoms with Crippen LogP contribution in [0.15, 0.2) is 0 Å². The highest BCUT2D eigenvalue weighted by atomic mass is 16.5. The monoisotopic (exact) mass is 70.0 g/mol. The van der Waals surface area contributed by atoms with Gasteiger partial charge in [-0.1, -0.05) is 0 Å². The quantitative estimate of drug-likeness (QED) is 0.279. The summed E-state index contributed by atoms with van der Waals surface area (Å²) in [5.74, 6) is 0. The molecule has 4 heteroatoms. The third-order valence-electron chi connectivity index (χ3n) is 0.235. The zero-order valence-corrected chi connectivity index (χ0v) is 3.10. The number of hydrogen-bond donors (Lipinski definition) is 0. The van der Waals surface area contributed by atoms with Crippen LogP contribution in [0.25, 0.3) is 0 Å². The molecule has 0 saturated heterocycles. The Morgan fingerprint density at radius 2 is 2.60 bits per heavy atom. The number of hydrogen-bond acceptors (Lipinski definition) is 2. The fourth-order valence-corrected chi connectivity index (χ4v) is 0.0680. The maximum Gasteiger partial charge on any atom is 0.293 e. The Bertz CT molecular complexity index is 28.8. The summed E-state index contributed by atoms with van der Waals surface area (Å²) in [6.45, 7) is 0.431. The molecule has 0 N–H and O–H groups in total. The van der Waals surface area contributed by atoms with Crippen molar-refractivity contribution in [3.8, 4) is 0 Å². The second-order valence-corrected chi connectivity index (χ2v) is 0.552.